The summed E-state index contributed by atoms with van der Waals surface area (Å²) in [6, 6.07) is 9.50. The fourth-order valence-corrected chi connectivity index (χ4v) is 7.55. The molecule has 0 saturated carbocycles. The second-order valence-corrected chi connectivity index (χ2v) is 15.8. The zero-order chi connectivity index (χ0) is 26.2. The van der Waals surface area contributed by atoms with Crippen LogP contribution >= 0.6 is 34.2 Å². The van der Waals surface area contributed by atoms with E-state index in [1.54, 1.807) is 19.1 Å². The molecule has 3 atom stereocenters. The number of halogens is 3. The number of rotatable bonds is 8. The van der Waals surface area contributed by atoms with Gasteiger partial charge in [-0.25, -0.2) is 0 Å². The molecule has 0 spiro atoms. The molecule has 1 aromatic carbocycles. The van der Waals surface area contributed by atoms with E-state index in [4.69, 9.17) is 25.8 Å². The van der Waals surface area contributed by atoms with Crippen molar-refractivity contribution in [1.29, 1.82) is 0 Å². The van der Waals surface area contributed by atoms with Crippen LogP contribution in [0.4, 0.5) is 0 Å². The molecule has 2 aromatic rings. The fourth-order valence-electron chi connectivity index (χ4n) is 3.90. The summed E-state index contributed by atoms with van der Waals surface area (Å²) in [5, 5.41) is 10.0. The maximum absolute atomic E-state index is 12.7. The molecule has 37 heavy (non-hydrogen) atoms. The van der Waals surface area contributed by atoms with Gasteiger partial charge in [0.05, 0.1) is 0 Å². The third kappa shape index (κ3) is 5.96. The van der Waals surface area contributed by atoms with E-state index in [9.17, 15) is 9.90 Å². The Balaban J connectivity index is 1.41. The number of benzene rings is 1. The van der Waals surface area contributed by atoms with E-state index in [1.165, 1.54) is 0 Å². The number of H-pyrrole nitrogens is 1. The number of alkyl halides is 2. The van der Waals surface area contributed by atoms with Gasteiger partial charge >= 0.3 is 246 Å². The number of nitrogens with zero attached hydrogens (tertiary/aromatic N) is 2. The summed E-state index contributed by atoms with van der Waals surface area (Å²) in [5.74, 6) is 1.77. The molecule has 1 unspecified atom stereocenters. The molecule has 0 aliphatic carbocycles. The molecule has 1 saturated heterocycles. The van der Waals surface area contributed by atoms with Crippen molar-refractivity contribution < 1.29 is 45.3 Å². The second-order valence-electron chi connectivity index (χ2n) is 9.09. The second kappa shape index (κ2) is 11.1. The molecule has 8 nitrogen and oxygen atoms in total. The first kappa shape index (κ1) is 26.8. The van der Waals surface area contributed by atoms with Crippen LogP contribution in [-0.4, -0.2) is 66.9 Å². The molecule has 0 bridgehead atoms. The summed E-state index contributed by atoms with van der Waals surface area (Å²) in [6.45, 7) is 5.90. The Morgan fingerprint density at radius 2 is 2.11 bits per heavy atom. The number of hydrogen-bond acceptors (Lipinski definition) is 6. The third-order valence-electron chi connectivity index (χ3n) is 6.02. The minimum atomic E-state index is -0.765. The molecule has 1 fully saturated rings. The SMILES string of the molecule is C[C@H]1CN=C(c2ccc(-c3cc(O[C@@H](C)CO)cc(OC4(I)[I-]C=C(C(=O)N5CCC5)C=C4Cl)c3)[nH]2)O1. The number of aliphatic hydroxyl groups excluding tert-OH is 1. The Morgan fingerprint density at radius 3 is 2.76 bits per heavy atom. The van der Waals surface area contributed by atoms with Crippen molar-refractivity contribution in [2.24, 2.45) is 4.99 Å². The van der Waals surface area contributed by atoms with Gasteiger partial charge in [-0.15, -0.1) is 0 Å². The molecule has 5 rings (SSSR count). The number of amides is 1. The molecule has 1 amide bonds. The topological polar surface area (TPSA) is 96.4 Å². The first-order valence-electron chi connectivity index (χ1n) is 12.0. The number of aliphatic hydroxyl groups is 1. The number of likely N-dealkylation sites (tertiary alicyclic amines) is 1. The zero-order valence-electron chi connectivity index (χ0n) is 20.3. The molecule has 198 valence electrons. The fraction of sp³-hybridized carbons (Fsp3) is 0.385. The molecular formula is C26H27ClI2N3O5-. The molecule has 0 radical (unpaired) electrons. The van der Waals surface area contributed by atoms with Crippen molar-refractivity contribution in [3.05, 3.63) is 56.8 Å². The number of aromatic amines is 1. The molecule has 3 aliphatic rings. The number of carbonyl (C=O) groups excluding carboxylic acids is 1. The van der Waals surface area contributed by atoms with Gasteiger partial charge in [-0.05, 0) is 0 Å². The quantitative estimate of drug-likeness (QED) is 0.315. The van der Waals surface area contributed by atoms with Gasteiger partial charge in [0, 0.05) is 0 Å². The molecule has 1 aromatic heterocycles. The van der Waals surface area contributed by atoms with Crippen LogP contribution in [0.15, 0.2) is 56.1 Å². The Labute approximate surface area is 244 Å². The van der Waals surface area contributed by atoms with Crippen LogP contribution in [-0.2, 0) is 9.53 Å². The molecule has 4 heterocycles. The molecule has 11 heteroatoms. The first-order valence-corrected chi connectivity index (χ1v) is 15.8. The summed E-state index contributed by atoms with van der Waals surface area (Å²) >= 11 is 8.20. The number of hydrogen-bond donors (Lipinski definition) is 2. The van der Waals surface area contributed by atoms with Gasteiger partial charge in [0.2, 0.25) is 0 Å². The van der Waals surface area contributed by atoms with Gasteiger partial charge in [-0.3, -0.25) is 0 Å². The van der Waals surface area contributed by atoms with Crippen molar-refractivity contribution >= 4 is 46.0 Å². The van der Waals surface area contributed by atoms with Gasteiger partial charge in [0.1, 0.15) is 0 Å². The molecule has 2 N–H and O–H groups in total. The summed E-state index contributed by atoms with van der Waals surface area (Å²) < 4.78 is 19.4. The van der Waals surface area contributed by atoms with Gasteiger partial charge in [0.15, 0.2) is 0 Å². The average molecular weight is 751 g/mol. The zero-order valence-corrected chi connectivity index (χ0v) is 25.4. The van der Waals surface area contributed by atoms with Crippen LogP contribution in [0.1, 0.15) is 26.0 Å². The molecular weight excluding hydrogens is 724 g/mol. The number of aliphatic imine (C=N–C) groups is 1. The standard InChI is InChI=1S/C26H27ClI2N3O5/c1-15-13-30-24(36-15)22-5-4-21(31-22)17-8-19(35-16(2)14-33)11-20(9-17)37-26(28)23(27)10-18(12-29-26)25(34)32-6-3-7-32/h4-5,8-12,15-16,31,33H,3,6-7,13-14H2,1-2H3/q-1/t15-,16-,26?/m0/s1. The van der Waals surface area contributed by atoms with Crippen molar-refractivity contribution in [3.8, 4) is 22.8 Å². The van der Waals surface area contributed by atoms with Crippen molar-refractivity contribution in [3.63, 3.8) is 0 Å². The predicted molar refractivity (Wildman–Crippen MR) is 146 cm³/mol. The van der Waals surface area contributed by atoms with Crippen LogP contribution in [0.5, 0.6) is 11.5 Å². The van der Waals surface area contributed by atoms with E-state index in [0.717, 1.165) is 36.5 Å². The molecule has 3 aliphatic heterocycles. The van der Waals surface area contributed by atoms with Crippen molar-refractivity contribution in [1.82, 2.24) is 9.88 Å². The van der Waals surface area contributed by atoms with Crippen LogP contribution in [0.3, 0.4) is 0 Å². The van der Waals surface area contributed by atoms with E-state index < -0.39 is 22.8 Å². The number of carbonyl (C=O) groups is 1. The monoisotopic (exact) mass is 750 g/mol. The van der Waals surface area contributed by atoms with Gasteiger partial charge in [-0.1, -0.05) is 0 Å². The van der Waals surface area contributed by atoms with Gasteiger partial charge in [0.25, 0.3) is 0 Å². The van der Waals surface area contributed by atoms with Crippen LogP contribution in [0, 0.1) is 0 Å². The van der Waals surface area contributed by atoms with Gasteiger partial charge in [-0.2, -0.15) is 0 Å². The Kier molecular flexibility index (Phi) is 8.08. The van der Waals surface area contributed by atoms with Crippen molar-refractivity contribution in [2.45, 2.75) is 34.1 Å². The van der Waals surface area contributed by atoms with E-state index in [-0.39, 0.29) is 24.7 Å². The number of ether oxygens (including phenoxy) is 3. The van der Waals surface area contributed by atoms with E-state index in [2.05, 4.69) is 32.6 Å². The normalized spacial score (nSPS) is 24.1. The summed E-state index contributed by atoms with van der Waals surface area (Å²) in [5.41, 5.74) is 3.13. The van der Waals surface area contributed by atoms with E-state index in [1.807, 2.05) is 40.2 Å². The van der Waals surface area contributed by atoms with E-state index >= 15 is 0 Å². The summed E-state index contributed by atoms with van der Waals surface area (Å²) in [4.78, 5) is 22.3. The maximum atomic E-state index is 12.7. The summed E-state index contributed by atoms with van der Waals surface area (Å²) in [7, 11) is 0. The number of aromatic nitrogens is 1. The number of nitrogens with one attached hydrogen (secondary N) is 1. The Hall–Kier alpha value is -1.77. The van der Waals surface area contributed by atoms with Crippen molar-refractivity contribution in [2.75, 3.05) is 26.2 Å². The average Bonchev–Trinajstić information content (AvgIpc) is 3.49. The van der Waals surface area contributed by atoms with E-state index in [0.29, 0.717) is 34.5 Å². The third-order valence-corrected chi connectivity index (χ3v) is 12.0. The predicted octanol–water partition coefficient (Wildman–Crippen LogP) is 1.42. The first-order chi connectivity index (χ1) is 17.7. The summed E-state index contributed by atoms with van der Waals surface area (Å²) in [6.07, 6.45) is 2.45. The van der Waals surface area contributed by atoms with Crippen LogP contribution in [0.25, 0.3) is 11.3 Å². The van der Waals surface area contributed by atoms with Crippen LogP contribution < -0.4 is 30.7 Å². The van der Waals surface area contributed by atoms with Gasteiger partial charge < -0.3 is 0 Å². The Morgan fingerprint density at radius 1 is 1.35 bits per heavy atom. The Bertz CT molecular complexity index is 1290. The van der Waals surface area contributed by atoms with Crippen LogP contribution in [0.2, 0.25) is 0 Å². The minimum absolute atomic E-state index is 0.0333.